The zero-order valence-electron chi connectivity index (χ0n) is 17.1. The highest BCUT2D eigenvalue weighted by Crippen LogP contribution is 2.44. The van der Waals surface area contributed by atoms with Crippen molar-refractivity contribution in [3.63, 3.8) is 0 Å². The Morgan fingerprint density at radius 3 is 2.18 bits per heavy atom. The topological polar surface area (TPSA) is 81.0 Å². The number of hydrogen-bond donors (Lipinski definition) is 3. The average molecular weight is 472 g/mol. The number of aromatic amines is 2. The van der Waals surface area contributed by atoms with Crippen LogP contribution < -0.4 is 15.9 Å². The molecule has 176 valence electrons. The number of rotatable bonds is 5. The molecule has 3 aromatic rings. The molecule has 3 N–H and O–H groups in total. The van der Waals surface area contributed by atoms with Crippen LogP contribution in [0.2, 0.25) is 0 Å². The molecule has 33 heavy (non-hydrogen) atoms. The summed E-state index contributed by atoms with van der Waals surface area (Å²) in [6.07, 6.45) is -4.62. The molecule has 1 aliphatic rings. The first kappa shape index (κ1) is 22.7. The van der Waals surface area contributed by atoms with Crippen molar-refractivity contribution in [1.29, 1.82) is 0 Å². The van der Waals surface area contributed by atoms with E-state index in [0.29, 0.717) is 0 Å². The maximum atomic E-state index is 14.5. The van der Waals surface area contributed by atoms with Gasteiger partial charge in [0.2, 0.25) is 0 Å². The van der Waals surface area contributed by atoms with Gasteiger partial charge in [-0.1, -0.05) is 0 Å². The average Bonchev–Trinajstić information content (AvgIpc) is 3.02. The van der Waals surface area contributed by atoms with Gasteiger partial charge in [0.15, 0.2) is 0 Å². The molecule has 4 rings (SSSR count). The van der Waals surface area contributed by atoms with Crippen molar-refractivity contribution < 1.29 is 31.1 Å². The van der Waals surface area contributed by atoms with Crippen LogP contribution in [0.1, 0.15) is 28.8 Å². The molecule has 2 aromatic carbocycles. The third kappa shape index (κ3) is 4.41. The van der Waals surface area contributed by atoms with Gasteiger partial charge in [0, 0.05) is 37.0 Å². The van der Waals surface area contributed by atoms with Gasteiger partial charge in [-0.2, -0.15) is 13.2 Å². The van der Waals surface area contributed by atoms with E-state index in [4.69, 9.17) is 0 Å². The van der Waals surface area contributed by atoms with Crippen molar-refractivity contribution in [3.8, 4) is 0 Å². The maximum Gasteiger partial charge on any atom is 0.391 e. The van der Waals surface area contributed by atoms with Crippen molar-refractivity contribution in [2.75, 3.05) is 11.9 Å². The van der Waals surface area contributed by atoms with Crippen molar-refractivity contribution in [2.45, 2.75) is 31.6 Å². The van der Waals surface area contributed by atoms with Crippen molar-refractivity contribution in [2.24, 2.45) is 5.92 Å². The summed E-state index contributed by atoms with van der Waals surface area (Å²) in [5.74, 6) is -5.34. The Hall–Kier alpha value is -3.44. The first-order valence-corrected chi connectivity index (χ1v) is 9.91. The number of aromatic nitrogens is 2. The molecule has 1 fully saturated rings. The summed E-state index contributed by atoms with van der Waals surface area (Å²) in [5, 5.41) is 2.23. The molecular weight excluding hydrogens is 454 g/mol. The van der Waals surface area contributed by atoms with Gasteiger partial charge in [0.25, 0.3) is 5.91 Å². The van der Waals surface area contributed by atoms with E-state index in [-0.39, 0.29) is 29.6 Å². The number of carbonyl (C=O) groups excluding carboxylic acids is 1. The first-order chi connectivity index (χ1) is 15.4. The standard InChI is InChI=1S/C21H18F6N4O2/c1-31(10-2-9(3-10)21(25,26)27)11-4-14(22)13(15(23)5-11)8-28-19(32)12-6-17-18(7-16(12)24)30-20(33)29-17/h4-7,9-10H,2-3,8H2,1H3,(H,28,32)(H2,29,30,33)/t9-,10+. The SMILES string of the molecule is CN(c1cc(F)c(CNC(=O)c2cc3[nH]c(=O)[nH]c3cc2F)c(F)c1)[C@H]1C[C@@H](C(F)(F)F)C1. The molecule has 0 atom stereocenters. The summed E-state index contributed by atoms with van der Waals surface area (Å²) < 4.78 is 81.3. The fourth-order valence-corrected chi connectivity index (χ4v) is 3.84. The summed E-state index contributed by atoms with van der Waals surface area (Å²) in [6.45, 7) is -0.596. The van der Waals surface area contributed by atoms with Gasteiger partial charge in [0.05, 0.1) is 22.5 Å². The van der Waals surface area contributed by atoms with Crippen molar-refractivity contribution in [1.82, 2.24) is 15.3 Å². The zero-order chi connectivity index (χ0) is 24.1. The third-order valence-corrected chi connectivity index (χ3v) is 5.93. The minimum atomic E-state index is -4.30. The normalized spacial score (nSPS) is 18.3. The molecule has 0 radical (unpaired) electrons. The van der Waals surface area contributed by atoms with Crippen LogP contribution in [0.4, 0.5) is 32.0 Å². The molecule has 0 aliphatic heterocycles. The lowest BCUT2D eigenvalue weighted by molar-refractivity contribution is -0.196. The van der Waals surface area contributed by atoms with E-state index in [1.165, 1.54) is 11.9 Å². The largest absolute Gasteiger partial charge is 0.391 e. The van der Waals surface area contributed by atoms with E-state index in [2.05, 4.69) is 15.3 Å². The molecule has 1 heterocycles. The van der Waals surface area contributed by atoms with Gasteiger partial charge in [-0.25, -0.2) is 18.0 Å². The highest BCUT2D eigenvalue weighted by atomic mass is 19.4. The molecule has 6 nitrogen and oxygen atoms in total. The van der Waals surface area contributed by atoms with Crippen molar-refractivity contribution in [3.05, 3.63) is 63.3 Å². The summed E-state index contributed by atoms with van der Waals surface area (Å²) in [6, 6.07) is 3.48. The Morgan fingerprint density at radius 2 is 1.61 bits per heavy atom. The molecule has 12 heteroatoms. The highest BCUT2D eigenvalue weighted by Gasteiger charge is 2.49. The second kappa shape index (κ2) is 8.16. The van der Waals surface area contributed by atoms with Gasteiger partial charge >= 0.3 is 11.9 Å². The van der Waals surface area contributed by atoms with Crippen molar-refractivity contribution >= 4 is 22.6 Å². The lowest BCUT2D eigenvalue weighted by Crippen LogP contribution is -2.47. The fraction of sp³-hybridized carbons (Fsp3) is 0.333. The number of imidazole rings is 1. The number of anilines is 1. The van der Waals surface area contributed by atoms with E-state index in [9.17, 15) is 35.9 Å². The minimum Gasteiger partial charge on any atom is -0.371 e. The van der Waals surface area contributed by atoms with Gasteiger partial charge < -0.3 is 20.2 Å². The molecule has 1 aliphatic carbocycles. The highest BCUT2D eigenvalue weighted by molar-refractivity contribution is 5.97. The monoisotopic (exact) mass is 472 g/mol. The predicted octanol–water partition coefficient (Wildman–Crippen LogP) is 3.98. The number of halogens is 6. The van der Waals surface area contributed by atoms with Crippen LogP contribution in [0.15, 0.2) is 29.1 Å². The molecule has 0 unspecified atom stereocenters. The van der Waals surface area contributed by atoms with Crippen LogP contribution in [0.5, 0.6) is 0 Å². The van der Waals surface area contributed by atoms with E-state index < -0.39 is 64.9 Å². The summed E-state index contributed by atoms with van der Waals surface area (Å²) >= 11 is 0. The predicted molar refractivity (Wildman–Crippen MR) is 107 cm³/mol. The van der Waals surface area contributed by atoms with Crippen LogP contribution >= 0.6 is 0 Å². The maximum absolute atomic E-state index is 14.5. The Bertz CT molecular complexity index is 1250. The Labute approximate surface area is 182 Å². The number of amides is 1. The van der Waals surface area contributed by atoms with E-state index in [1.54, 1.807) is 0 Å². The first-order valence-electron chi connectivity index (χ1n) is 9.91. The second-order valence-electron chi connectivity index (χ2n) is 8.00. The smallest absolute Gasteiger partial charge is 0.371 e. The molecule has 1 amide bonds. The van der Waals surface area contributed by atoms with Gasteiger partial charge in [-0.05, 0) is 31.0 Å². The zero-order valence-corrected chi connectivity index (χ0v) is 17.1. The molecule has 1 saturated carbocycles. The summed E-state index contributed by atoms with van der Waals surface area (Å²) in [4.78, 5) is 29.7. The van der Waals surface area contributed by atoms with E-state index in [1.807, 2.05) is 0 Å². The number of hydrogen-bond acceptors (Lipinski definition) is 3. The van der Waals surface area contributed by atoms with Crippen LogP contribution in [0, 0.1) is 23.4 Å². The van der Waals surface area contributed by atoms with Gasteiger partial charge in [-0.15, -0.1) is 0 Å². The molecule has 0 bridgehead atoms. The van der Waals surface area contributed by atoms with E-state index in [0.717, 1.165) is 24.3 Å². The quantitative estimate of drug-likeness (QED) is 0.492. The van der Waals surface area contributed by atoms with Gasteiger partial charge in [-0.3, -0.25) is 4.79 Å². The Morgan fingerprint density at radius 1 is 1.03 bits per heavy atom. The summed E-state index contributed by atoms with van der Waals surface area (Å²) in [7, 11) is 1.46. The number of nitrogens with zero attached hydrogens (tertiary/aromatic N) is 1. The number of alkyl halides is 3. The minimum absolute atomic E-state index is 0.0682. The second-order valence-corrected chi connectivity index (χ2v) is 8.00. The van der Waals surface area contributed by atoms with Crippen LogP contribution in [0.3, 0.4) is 0 Å². The lowest BCUT2D eigenvalue weighted by atomic mass is 9.79. The number of H-pyrrole nitrogens is 2. The molecule has 0 spiro atoms. The Kier molecular flexibility index (Phi) is 5.62. The lowest BCUT2D eigenvalue weighted by Gasteiger charge is -2.43. The van der Waals surface area contributed by atoms with Crippen LogP contribution in [0.25, 0.3) is 11.0 Å². The fourth-order valence-electron chi connectivity index (χ4n) is 3.84. The van der Waals surface area contributed by atoms with Crippen LogP contribution in [-0.2, 0) is 6.54 Å². The van der Waals surface area contributed by atoms with Crippen LogP contribution in [-0.4, -0.2) is 35.1 Å². The number of carbonyl (C=O) groups is 1. The Balaban J connectivity index is 1.45. The summed E-state index contributed by atoms with van der Waals surface area (Å²) in [5.41, 5.74) is -1.11. The third-order valence-electron chi connectivity index (χ3n) is 5.93. The van der Waals surface area contributed by atoms with E-state index >= 15 is 0 Å². The number of fused-ring (bicyclic) bond motifs is 1. The molecule has 1 aromatic heterocycles. The van der Waals surface area contributed by atoms with Gasteiger partial charge in [0.1, 0.15) is 17.5 Å². The molecule has 0 saturated heterocycles. The molecular formula is C21H18F6N4O2. The number of benzene rings is 2. The number of nitrogens with one attached hydrogen (secondary N) is 3.